The van der Waals surface area contributed by atoms with Gasteiger partial charge in [0.15, 0.2) is 6.29 Å². The number of rotatable bonds is 3. The molecule has 5 nitrogen and oxygen atoms in total. The molecular formula is C11H12N4O. The number of carbonyl (C=O) groups excluding carboxylic acids is 1. The summed E-state index contributed by atoms with van der Waals surface area (Å²) >= 11 is 0. The Morgan fingerprint density at radius 2 is 2.06 bits per heavy atom. The summed E-state index contributed by atoms with van der Waals surface area (Å²) in [4.78, 5) is 23.1. The molecule has 0 aromatic carbocycles. The Morgan fingerprint density at radius 1 is 1.38 bits per heavy atom. The van der Waals surface area contributed by atoms with Crippen molar-refractivity contribution in [3.63, 3.8) is 0 Å². The predicted octanol–water partition coefficient (Wildman–Crippen LogP) is 1.35. The molecule has 0 spiro atoms. The van der Waals surface area contributed by atoms with Crippen LogP contribution in [0.25, 0.3) is 5.95 Å². The van der Waals surface area contributed by atoms with E-state index in [4.69, 9.17) is 0 Å². The van der Waals surface area contributed by atoms with Crippen LogP contribution in [0.1, 0.15) is 28.8 Å². The Bertz CT molecular complexity index is 501. The molecule has 82 valence electrons. The van der Waals surface area contributed by atoms with Crippen molar-refractivity contribution in [1.29, 1.82) is 0 Å². The summed E-state index contributed by atoms with van der Waals surface area (Å²) in [5.74, 6) is 1.46. The molecule has 0 bridgehead atoms. The third kappa shape index (κ3) is 1.84. The smallest absolute Gasteiger partial charge is 0.235 e. The summed E-state index contributed by atoms with van der Waals surface area (Å²) < 4.78 is 1.84. The summed E-state index contributed by atoms with van der Waals surface area (Å²) in [5.41, 5.74) is 1.40. The number of imidazole rings is 1. The van der Waals surface area contributed by atoms with Crippen LogP contribution in [0.4, 0.5) is 0 Å². The molecule has 2 heterocycles. The maximum absolute atomic E-state index is 10.5. The van der Waals surface area contributed by atoms with Gasteiger partial charge in [-0.3, -0.25) is 9.36 Å². The molecule has 0 aliphatic heterocycles. The second-order valence-corrected chi connectivity index (χ2v) is 3.46. The van der Waals surface area contributed by atoms with Gasteiger partial charge in [0.1, 0.15) is 5.82 Å². The first kappa shape index (κ1) is 10.5. The Kier molecular flexibility index (Phi) is 2.76. The lowest BCUT2D eigenvalue weighted by Crippen LogP contribution is -2.04. The molecule has 16 heavy (non-hydrogen) atoms. The van der Waals surface area contributed by atoms with Gasteiger partial charge in [0.2, 0.25) is 5.95 Å². The van der Waals surface area contributed by atoms with Crippen LogP contribution in [0.3, 0.4) is 0 Å². The van der Waals surface area contributed by atoms with Gasteiger partial charge in [-0.1, -0.05) is 6.92 Å². The van der Waals surface area contributed by atoms with Crippen molar-refractivity contribution in [2.75, 3.05) is 0 Å². The third-order valence-electron chi connectivity index (χ3n) is 2.23. The molecule has 0 aliphatic rings. The van der Waals surface area contributed by atoms with Gasteiger partial charge in [-0.25, -0.2) is 15.0 Å². The molecule has 0 fully saturated rings. The van der Waals surface area contributed by atoms with Gasteiger partial charge < -0.3 is 0 Å². The van der Waals surface area contributed by atoms with Gasteiger partial charge >= 0.3 is 0 Å². The lowest BCUT2D eigenvalue weighted by molar-refractivity contribution is 0.112. The average molecular weight is 216 g/mol. The monoisotopic (exact) mass is 216 g/mol. The van der Waals surface area contributed by atoms with Gasteiger partial charge in [0.05, 0.1) is 11.3 Å². The van der Waals surface area contributed by atoms with E-state index in [1.807, 2.05) is 24.6 Å². The molecule has 0 aliphatic carbocycles. The number of aromatic nitrogens is 4. The number of nitrogens with zero attached hydrogens (tertiary/aromatic N) is 4. The highest BCUT2D eigenvalue weighted by atomic mass is 16.1. The predicted molar refractivity (Wildman–Crippen MR) is 58.7 cm³/mol. The lowest BCUT2D eigenvalue weighted by atomic mass is 10.4. The Labute approximate surface area is 93.2 Å². The molecule has 2 aromatic rings. The van der Waals surface area contributed by atoms with E-state index in [9.17, 15) is 4.79 Å². The fraction of sp³-hybridized carbons (Fsp3) is 0.273. The number of carbonyl (C=O) groups is 1. The fourth-order valence-corrected chi connectivity index (χ4v) is 1.49. The number of hydrogen-bond donors (Lipinski definition) is 0. The molecule has 2 aromatic heterocycles. The van der Waals surface area contributed by atoms with Crippen LogP contribution < -0.4 is 0 Å². The van der Waals surface area contributed by atoms with Gasteiger partial charge in [-0.2, -0.15) is 0 Å². The van der Waals surface area contributed by atoms with Crippen molar-refractivity contribution < 1.29 is 4.79 Å². The van der Waals surface area contributed by atoms with Gasteiger partial charge in [0.25, 0.3) is 0 Å². The highest BCUT2D eigenvalue weighted by molar-refractivity contribution is 5.73. The molecule has 2 rings (SSSR count). The zero-order valence-electron chi connectivity index (χ0n) is 9.21. The molecule has 0 unspecified atom stereocenters. The van der Waals surface area contributed by atoms with E-state index in [1.165, 1.54) is 12.4 Å². The molecule has 0 amide bonds. The van der Waals surface area contributed by atoms with Crippen LogP contribution in [-0.2, 0) is 6.42 Å². The average Bonchev–Trinajstić information content (AvgIpc) is 2.70. The zero-order chi connectivity index (χ0) is 11.5. The SMILES string of the molecule is CCc1nc(C)cn1-c1ncc(C=O)cn1. The van der Waals surface area contributed by atoms with E-state index < -0.39 is 0 Å². The molecule has 0 N–H and O–H groups in total. The highest BCUT2D eigenvalue weighted by Crippen LogP contribution is 2.08. The molecule has 0 atom stereocenters. The topological polar surface area (TPSA) is 60.7 Å². The molecule has 0 saturated heterocycles. The maximum atomic E-state index is 10.5. The third-order valence-corrected chi connectivity index (χ3v) is 2.23. The summed E-state index contributed by atoms with van der Waals surface area (Å²) in [5, 5.41) is 0. The van der Waals surface area contributed by atoms with E-state index in [2.05, 4.69) is 15.0 Å². The Hall–Kier alpha value is -2.04. The van der Waals surface area contributed by atoms with Crippen molar-refractivity contribution in [3.05, 3.63) is 35.7 Å². The lowest BCUT2D eigenvalue weighted by Gasteiger charge is -2.03. The number of aryl methyl sites for hydroxylation is 2. The summed E-state index contributed by atoms with van der Waals surface area (Å²) in [6.45, 7) is 3.95. The van der Waals surface area contributed by atoms with Crippen LogP contribution in [0.5, 0.6) is 0 Å². The first-order valence-corrected chi connectivity index (χ1v) is 5.07. The van der Waals surface area contributed by atoms with E-state index in [1.54, 1.807) is 0 Å². The highest BCUT2D eigenvalue weighted by Gasteiger charge is 2.07. The van der Waals surface area contributed by atoms with E-state index in [-0.39, 0.29) is 0 Å². The summed E-state index contributed by atoms with van der Waals surface area (Å²) in [6, 6.07) is 0. The quantitative estimate of drug-likeness (QED) is 0.726. The molecular weight excluding hydrogens is 204 g/mol. The minimum Gasteiger partial charge on any atom is -0.298 e. The first-order valence-electron chi connectivity index (χ1n) is 5.07. The summed E-state index contributed by atoms with van der Waals surface area (Å²) in [6.07, 6.45) is 6.43. The van der Waals surface area contributed by atoms with Gasteiger partial charge in [-0.15, -0.1) is 0 Å². The second kappa shape index (κ2) is 4.22. The molecule has 0 radical (unpaired) electrons. The van der Waals surface area contributed by atoms with Crippen LogP contribution in [0.15, 0.2) is 18.6 Å². The minimum atomic E-state index is 0.471. The van der Waals surface area contributed by atoms with Crippen molar-refractivity contribution in [2.45, 2.75) is 20.3 Å². The largest absolute Gasteiger partial charge is 0.298 e. The van der Waals surface area contributed by atoms with E-state index >= 15 is 0 Å². The first-order chi connectivity index (χ1) is 7.74. The summed E-state index contributed by atoms with van der Waals surface area (Å²) in [7, 11) is 0. The van der Waals surface area contributed by atoms with Crippen molar-refractivity contribution in [2.24, 2.45) is 0 Å². The number of hydrogen-bond acceptors (Lipinski definition) is 4. The molecule has 0 saturated carbocycles. The van der Waals surface area contributed by atoms with Crippen LogP contribution in [0, 0.1) is 6.92 Å². The van der Waals surface area contributed by atoms with E-state index in [0.29, 0.717) is 11.5 Å². The Morgan fingerprint density at radius 3 is 2.62 bits per heavy atom. The van der Waals surface area contributed by atoms with E-state index in [0.717, 1.165) is 24.2 Å². The Balaban J connectivity index is 2.45. The van der Waals surface area contributed by atoms with Crippen LogP contribution in [0.2, 0.25) is 0 Å². The number of aldehydes is 1. The second-order valence-electron chi connectivity index (χ2n) is 3.46. The fourth-order valence-electron chi connectivity index (χ4n) is 1.49. The van der Waals surface area contributed by atoms with Crippen LogP contribution >= 0.6 is 0 Å². The zero-order valence-corrected chi connectivity index (χ0v) is 9.21. The van der Waals surface area contributed by atoms with Crippen molar-refractivity contribution in [3.8, 4) is 5.95 Å². The van der Waals surface area contributed by atoms with Crippen molar-refractivity contribution in [1.82, 2.24) is 19.5 Å². The van der Waals surface area contributed by atoms with Crippen molar-refractivity contribution >= 4 is 6.29 Å². The van der Waals surface area contributed by atoms with Gasteiger partial charge in [-0.05, 0) is 6.92 Å². The standard InChI is InChI=1S/C11H12N4O/c1-3-10-14-8(2)6-15(10)11-12-4-9(7-16)5-13-11/h4-7H,3H2,1-2H3. The minimum absolute atomic E-state index is 0.471. The van der Waals surface area contributed by atoms with Gasteiger partial charge in [0, 0.05) is 25.0 Å². The molecule has 5 heteroatoms. The van der Waals surface area contributed by atoms with Crippen LogP contribution in [-0.4, -0.2) is 25.8 Å². The maximum Gasteiger partial charge on any atom is 0.235 e. The normalized spacial score (nSPS) is 10.4.